The molecule has 0 radical (unpaired) electrons. The number of ether oxygens (including phenoxy) is 2. The van der Waals surface area contributed by atoms with Crippen LogP contribution in [0.25, 0.3) is 0 Å². The first-order chi connectivity index (χ1) is 33.5. The Bertz CT molecular complexity index is 2560. The summed E-state index contributed by atoms with van der Waals surface area (Å²) < 4.78 is 80.0. The van der Waals surface area contributed by atoms with E-state index < -0.39 is 20.2 Å². The Balaban J connectivity index is 1.42. The molecule has 0 bridgehead atoms. The third kappa shape index (κ3) is 17.5. The summed E-state index contributed by atoms with van der Waals surface area (Å²) in [6, 6.07) is 16.9. The molecule has 13 nitrogen and oxygen atoms in total. The fourth-order valence-electron chi connectivity index (χ4n) is 9.75. The van der Waals surface area contributed by atoms with Crippen molar-refractivity contribution in [1.29, 1.82) is 0 Å². The number of anilines is 1. The Morgan fingerprint density at radius 2 is 1.46 bits per heavy atom. The summed E-state index contributed by atoms with van der Waals surface area (Å²) in [7, 11) is -4.47. The molecule has 0 spiro atoms. The van der Waals surface area contributed by atoms with Gasteiger partial charge in [0, 0.05) is 76.1 Å². The summed E-state index contributed by atoms with van der Waals surface area (Å²) in [6.07, 6.45) is 19.3. The van der Waals surface area contributed by atoms with Gasteiger partial charge in [-0.2, -0.15) is 24.8 Å². The third-order valence-corrected chi connectivity index (χ3v) is 17.1. The predicted molar refractivity (Wildman–Crippen MR) is 289 cm³/mol. The molecule has 3 aliphatic rings. The summed E-state index contributed by atoms with van der Waals surface area (Å²) in [5, 5.41) is 0. The highest BCUT2D eigenvalue weighted by atomic mass is 32.2. The van der Waals surface area contributed by atoms with Crippen molar-refractivity contribution in [2.75, 3.05) is 87.7 Å². The molecule has 1 aliphatic carbocycles. The fourth-order valence-corrected chi connectivity index (χ4v) is 12.4. The lowest BCUT2D eigenvalue weighted by Gasteiger charge is -2.29. The van der Waals surface area contributed by atoms with Gasteiger partial charge < -0.3 is 23.4 Å². The van der Waals surface area contributed by atoms with Gasteiger partial charge in [0.1, 0.15) is 19.7 Å². The molecule has 1 N–H and O–H groups in total. The van der Waals surface area contributed by atoms with Crippen molar-refractivity contribution in [2.24, 2.45) is 0 Å². The first-order valence-corrected chi connectivity index (χ1v) is 30.7. The number of fused-ring (bicyclic) bond motifs is 2. The predicted octanol–water partition coefficient (Wildman–Crippen LogP) is 9.87. The average Bonchev–Trinajstić information content (AvgIpc) is 3.65. The minimum Gasteiger partial charge on any atom is -0.748 e. The van der Waals surface area contributed by atoms with E-state index in [4.69, 9.17) is 14.0 Å². The monoisotopic (exact) mass is 1060 g/mol. The molecule has 2 aromatic carbocycles. The molecule has 0 fully saturated rings. The number of thioether (sulfide) groups is 2. The number of quaternary nitrogens is 1. The maximum atomic E-state index is 13.2. The van der Waals surface area contributed by atoms with Gasteiger partial charge in [0.15, 0.2) is 5.71 Å². The fraction of sp³-hybridized carbons (Fsp3) is 0.574. The molecule has 0 unspecified atom stereocenters. The highest BCUT2D eigenvalue weighted by Gasteiger charge is 2.44. The molecule has 0 atom stereocenters. The topological polar surface area (TPSA) is 170 Å². The number of para-hydroxylation sites is 2. The van der Waals surface area contributed by atoms with Gasteiger partial charge in [0.2, 0.25) is 5.69 Å². The number of rotatable bonds is 29. The van der Waals surface area contributed by atoms with Crippen LogP contribution in [0.2, 0.25) is 0 Å². The Hall–Kier alpha value is -3.71. The maximum absolute atomic E-state index is 13.2. The standard InChI is InChI=1S/C54H77N3O10S4/c1-53(2)44-22-10-12-24-46(44)55(32-14-8-9-16-36-66-50(58)30-38-68-7)48(53)28-26-42-20-18-21-43(52(42)69-39-31-51(59)67-37-35-57(5,6)34-19-41-71(63,64)65)27-29-49-54(3,4)45-23-11-13-25-47(45)56(49)33-15-17-40-70(60,61)62/h10-13,22-29H,8-9,14-21,30-41H2,1-7H3/p+1. The number of hydrogen-bond acceptors (Lipinski definition) is 12. The van der Waals surface area contributed by atoms with E-state index in [2.05, 4.69) is 97.9 Å². The normalized spacial score (nSPS) is 18.0. The Morgan fingerprint density at radius 1 is 0.789 bits per heavy atom. The van der Waals surface area contributed by atoms with Crippen LogP contribution in [0, 0.1) is 0 Å². The summed E-state index contributed by atoms with van der Waals surface area (Å²) in [4.78, 5) is 28.6. The second-order valence-electron chi connectivity index (χ2n) is 20.4. The lowest BCUT2D eigenvalue weighted by molar-refractivity contribution is -0.890. The lowest BCUT2D eigenvalue weighted by atomic mass is 9.81. The van der Waals surface area contributed by atoms with Crippen LogP contribution in [0.15, 0.2) is 94.6 Å². The Labute approximate surface area is 433 Å². The van der Waals surface area contributed by atoms with E-state index in [1.54, 1.807) is 23.5 Å². The number of benzene rings is 2. The van der Waals surface area contributed by atoms with Crippen molar-refractivity contribution in [2.45, 2.75) is 116 Å². The number of allylic oxidation sites excluding steroid dienone is 7. The minimum atomic E-state index is -4.31. The van der Waals surface area contributed by atoms with E-state index in [-0.39, 0.29) is 53.7 Å². The molecule has 71 heavy (non-hydrogen) atoms. The molecule has 17 heteroatoms. The van der Waals surface area contributed by atoms with Crippen molar-refractivity contribution in [3.8, 4) is 0 Å². The van der Waals surface area contributed by atoms with Crippen LogP contribution < -0.4 is 4.90 Å². The molecule has 0 amide bonds. The first kappa shape index (κ1) is 58.2. The van der Waals surface area contributed by atoms with Gasteiger partial charge in [-0.3, -0.25) is 14.1 Å². The maximum Gasteiger partial charge on any atom is 0.306 e. The summed E-state index contributed by atoms with van der Waals surface area (Å²) in [5.41, 5.74) is 8.88. The van der Waals surface area contributed by atoms with Crippen molar-refractivity contribution in [1.82, 2.24) is 0 Å². The number of esters is 2. The number of unbranched alkanes of at least 4 members (excludes halogenated alkanes) is 4. The zero-order valence-electron chi connectivity index (χ0n) is 43.1. The summed E-state index contributed by atoms with van der Waals surface area (Å²) in [6.45, 7) is 12.1. The smallest absolute Gasteiger partial charge is 0.306 e. The van der Waals surface area contributed by atoms with Gasteiger partial charge in [-0.25, -0.2) is 8.42 Å². The molecule has 0 aromatic heterocycles. The molecule has 2 aromatic rings. The van der Waals surface area contributed by atoms with Crippen molar-refractivity contribution in [3.63, 3.8) is 0 Å². The summed E-state index contributed by atoms with van der Waals surface area (Å²) >= 11 is 3.32. The molecule has 5 rings (SSSR count). The largest absolute Gasteiger partial charge is 0.748 e. The number of likely N-dealkylation sites (N-methyl/N-ethyl adjacent to an activating group) is 1. The first-order valence-electron chi connectivity index (χ1n) is 25.1. The second kappa shape index (κ2) is 26.5. The van der Waals surface area contributed by atoms with E-state index in [1.807, 2.05) is 32.5 Å². The third-order valence-electron chi connectivity index (χ3n) is 13.7. The SMILES string of the molecule is CSCCC(=O)OCCCCCC[N+]1=C(/C=C/C2=C(SCCC(=O)OCC[N+](C)(C)CCCS(=O)(=O)O)C(=C/C=C3/N(CCCCS(=O)(=O)[O-])c4ccccc4C3(C)C)/CCC2)C(C)(C)c2ccccc21. The zero-order valence-corrected chi connectivity index (χ0v) is 46.3. The van der Waals surface area contributed by atoms with Crippen molar-refractivity contribution >= 4 is 72.8 Å². The zero-order chi connectivity index (χ0) is 51.9. The number of carbonyl (C=O) groups excluding carboxylic acids is 2. The second-order valence-corrected chi connectivity index (χ2v) is 25.6. The van der Waals surface area contributed by atoms with Crippen LogP contribution in [0.1, 0.15) is 116 Å². The van der Waals surface area contributed by atoms with Crippen molar-refractivity contribution < 1.29 is 54.1 Å². The van der Waals surface area contributed by atoms with Crippen molar-refractivity contribution in [3.05, 3.63) is 106 Å². The average molecular weight is 1060 g/mol. The van der Waals surface area contributed by atoms with Gasteiger partial charge in [-0.1, -0.05) is 62.4 Å². The number of carbonyl (C=O) groups is 2. The van der Waals surface area contributed by atoms with Crippen LogP contribution >= 0.6 is 23.5 Å². The van der Waals surface area contributed by atoms with Crippen LogP contribution in [0.4, 0.5) is 11.4 Å². The van der Waals surface area contributed by atoms with E-state index in [0.29, 0.717) is 55.7 Å². The highest BCUT2D eigenvalue weighted by Crippen LogP contribution is 2.48. The molecule has 2 heterocycles. The number of nitrogens with zero attached hydrogens (tertiary/aromatic N) is 3. The molecule has 392 valence electrons. The Morgan fingerprint density at radius 3 is 2.18 bits per heavy atom. The minimum absolute atomic E-state index is 0.128. The van der Waals surface area contributed by atoms with Crippen LogP contribution in [0.3, 0.4) is 0 Å². The van der Waals surface area contributed by atoms with Gasteiger partial charge >= 0.3 is 11.9 Å². The van der Waals surface area contributed by atoms with Gasteiger partial charge in [0.05, 0.1) is 61.4 Å². The molecule has 2 aliphatic heterocycles. The quantitative estimate of drug-likeness (QED) is 0.0269. The van der Waals surface area contributed by atoms with Crippen LogP contribution in [-0.4, -0.2) is 135 Å². The van der Waals surface area contributed by atoms with E-state index in [0.717, 1.165) is 73.5 Å². The lowest BCUT2D eigenvalue weighted by Crippen LogP contribution is -2.43. The van der Waals surface area contributed by atoms with Crippen LogP contribution in [0.5, 0.6) is 0 Å². The summed E-state index contributed by atoms with van der Waals surface area (Å²) in [5.74, 6) is 0.159. The molecular formula is C54H78N3O10S4+. The highest BCUT2D eigenvalue weighted by molar-refractivity contribution is 8.03. The molecular weight excluding hydrogens is 979 g/mol. The Kier molecular flexibility index (Phi) is 21.7. The molecule has 0 saturated heterocycles. The van der Waals surface area contributed by atoms with E-state index >= 15 is 0 Å². The van der Waals surface area contributed by atoms with E-state index in [1.165, 1.54) is 33.7 Å². The molecule has 0 saturated carbocycles. The van der Waals surface area contributed by atoms with Gasteiger partial charge in [-0.05, 0) is 100 Å². The van der Waals surface area contributed by atoms with Gasteiger partial charge in [-0.15, -0.1) is 11.8 Å². The van der Waals surface area contributed by atoms with Crippen LogP contribution in [-0.2, 0) is 50.1 Å². The van der Waals surface area contributed by atoms with Gasteiger partial charge in [0.25, 0.3) is 10.1 Å². The number of hydrogen-bond donors (Lipinski definition) is 1. The van der Waals surface area contributed by atoms with E-state index in [9.17, 15) is 31.0 Å².